The maximum Gasteiger partial charge on any atom is 0.00454 e. The third-order valence-electron chi connectivity index (χ3n) is 3.58. The standard InChI is InChI=1S/C15H30S4/c1-2-4-6-8-10-12-14-16-18-19-17-15-13-11-9-7-5-3-1/h1-15H2. The van der Waals surface area contributed by atoms with E-state index in [1.54, 1.807) is 0 Å². The van der Waals surface area contributed by atoms with Gasteiger partial charge in [0.15, 0.2) is 0 Å². The summed E-state index contributed by atoms with van der Waals surface area (Å²) in [7, 11) is 8.11. The van der Waals surface area contributed by atoms with Crippen LogP contribution in [0, 0.1) is 0 Å². The Bertz CT molecular complexity index is 94.8. The van der Waals surface area contributed by atoms with Crippen LogP contribution in [-0.4, -0.2) is 11.5 Å². The van der Waals surface area contributed by atoms with Crippen molar-refractivity contribution >= 4 is 41.2 Å². The predicted octanol–water partition coefficient (Wildman–Crippen LogP) is 7.75. The fourth-order valence-electron chi connectivity index (χ4n) is 2.37. The fourth-order valence-corrected chi connectivity index (χ4v) is 8.64. The van der Waals surface area contributed by atoms with Crippen LogP contribution in [0.15, 0.2) is 0 Å². The lowest BCUT2D eigenvalue weighted by Gasteiger charge is -2.02. The monoisotopic (exact) mass is 338 g/mol. The number of hydrogen-bond acceptors (Lipinski definition) is 4. The van der Waals surface area contributed by atoms with Crippen LogP contribution >= 0.6 is 41.2 Å². The molecule has 1 heterocycles. The van der Waals surface area contributed by atoms with E-state index in [0.717, 1.165) is 0 Å². The summed E-state index contributed by atoms with van der Waals surface area (Å²) in [6, 6.07) is 0. The zero-order chi connectivity index (χ0) is 13.4. The largest absolute Gasteiger partial charge is 0.0817 e. The molecule has 1 saturated heterocycles. The van der Waals surface area contributed by atoms with E-state index in [1.165, 1.54) is 95.0 Å². The molecular weight excluding hydrogens is 308 g/mol. The van der Waals surface area contributed by atoms with Crippen LogP contribution in [0.4, 0.5) is 0 Å². The second-order valence-electron chi connectivity index (χ2n) is 5.38. The zero-order valence-corrected chi connectivity index (χ0v) is 15.5. The minimum atomic E-state index is 1.35. The number of hydrogen-bond donors (Lipinski definition) is 0. The molecule has 0 spiro atoms. The van der Waals surface area contributed by atoms with Gasteiger partial charge in [0.1, 0.15) is 0 Å². The quantitative estimate of drug-likeness (QED) is 0.414. The van der Waals surface area contributed by atoms with Crippen molar-refractivity contribution in [3.8, 4) is 0 Å². The molecule has 0 aromatic carbocycles. The Morgan fingerprint density at radius 2 is 0.579 bits per heavy atom. The van der Waals surface area contributed by atoms with Gasteiger partial charge in [0.05, 0.1) is 0 Å². The summed E-state index contributed by atoms with van der Waals surface area (Å²) in [5, 5.41) is 0. The molecule has 0 aromatic rings. The molecule has 114 valence electrons. The van der Waals surface area contributed by atoms with E-state index >= 15 is 0 Å². The average molecular weight is 339 g/mol. The van der Waals surface area contributed by atoms with Crippen molar-refractivity contribution in [2.45, 2.75) is 83.5 Å². The maximum atomic E-state index is 2.06. The first-order chi connectivity index (χ1) is 9.50. The molecule has 0 nitrogen and oxygen atoms in total. The number of rotatable bonds is 0. The van der Waals surface area contributed by atoms with Crippen molar-refractivity contribution in [3.63, 3.8) is 0 Å². The summed E-state index contributed by atoms with van der Waals surface area (Å²) in [4.78, 5) is 0. The molecule has 0 aliphatic carbocycles. The maximum absolute atomic E-state index is 2.06. The molecule has 0 radical (unpaired) electrons. The second kappa shape index (κ2) is 15.8. The van der Waals surface area contributed by atoms with E-state index < -0.39 is 0 Å². The second-order valence-corrected chi connectivity index (χ2v) is 11.6. The Morgan fingerprint density at radius 1 is 0.316 bits per heavy atom. The molecule has 0 amide bonds. The van der Waals surface area contributed by atoms with E-state index in [9.17, 15) is 0 Å². The predicted molar refractivity (Wildman–Crippen MR) is 100 cm³/mol. The molecular formula is C15H30S4. The summed E-state index contributed by atoms with van der Waals surface area (Å²) in [6.07, 6.45) is 19.0. The summed E-state index contributed by atoms with van der Waals surface area (Å²) in [6.45, 7) is 0. The SMILES string of the molecule is C1CCCCCCCSSSSCCCCCCC1. The van der Waals surface area contributed by atoms with Crippen LogP contribution in [0.2, 0.25) is 0 Å². The summed E-state index contributed by atoms with van der Waals surface area (Å²) in [5.41, 5.74) is 0. The smallest absolute Gasteiger partial charge is 0.00454 e. The lowest BCUT2D eigenvalue weighted by Crippen LogP contribution is -1.84. The van der Waals surface area contributed by atoms with Gasteiger partial charge in [-0.15, -0.1) is 0 Å². The molecule has 4 heteroatoms. The molecule has 0 atom stereocenters. The average Bonchev–Trinajstić information content (AvgIpc) is 2.43. The van der Waals surface area contributed by atoms with Gasteiger partial charge in [0.25, 0.3) is 0 Å². The fraction of sp³-hybridized carbons (Fsp3) is 1.00. The highest BCUT2D eigenvalue weighted by atomic mass is 33.7. The van der Waals surface area contributed by atoms with Crippen LogP contribution in [0.1, 0.15) is 83.5 Å². The summed E-state index contributed by atoms with van der Waals surface area (Å²) in [5.74, 6) is 2.69. The van der Waals surface area contributed by atoms with Crippen molar-refractivity contribution in [1.29, 1.82) is 0 Å². The zero-order valence-electron chi connectivity index (χ0n) is 12.2. The Hall–Kier alpha value is 1.40. The van der Waals surface area contributed by atoms with E-state index in [2.05, 4.69) is 21.6 Å². The lowest BCUT2D eigenvalue weighted by molar-refractivity contribution is 0.543. The Morgan fingerprint density at radius 3 is 0.895 bits per heavy atom. The van der Waals surface area contributed by atoms with Crippen molar-refractivity contribution in [1.82, 2.24) is 0 Å². The first-order valence-corrected chi connectivity index (χ1v) is 13.2. The van der Waals surface area contributed by atoms with Crippen molar-refractivity contribution in [3.05, 3.63) is 0 Å². The van der Waals surface area contributed by atoms with Crippen LogP contribution < -0.4 is 0 Å². The van der Waals surface area contributed by atoms with Gasteiger partial charge in [-0.25, -0.2) is 0 Å². The molecule has 1 rings (SSSR count). The van der Waals surface area contributed by atoms with E-state index in [0.29, 0.717) is 0 Å². The molecule has 19 heavy (non-hydrogen) atoms. The van der Waals surface area contributed by atoms with Gasteiger partial charge in [-0.05, 0) is 32.5 Å². The van der Waals surface area contributed by atoms with E-state index in [1.807, 2.05) is 19.7 Å². The van der Waals surface area contributed by atoms with E-state index in [4.69, 9.17) is 0 Å². The highest BCUT2D eigenvalue weighted by Gasteiger charge is 1.97. The first kappa shape index (κ1) is 18.4. The normalized spacial score (nSPS) is 24.0. The molecule has 1 aliphatic rings. The van der Waals surface area contributed by atoms with Crippen LogP contribution in [0.3, 0.4) is 0 Å². The summed E-state index contributed by atoms with van der Waals surface area (Å²) < 4.78 is 0. The van der Waals surface area contributed by atoms with Crippen LogP contribution in [0.5, 0.6) is 0 Å². The van der Waals surface area contributed by atoms with Gasteiger partial charge in [0, 0.05) is 11.5 Å². The lowest BCUT2D eigenvalue weighted by atomic mass is 10.0. The third-order valence-corrected chi connectivity index (χ3v) is 10.2. The Kier molecular flexibility index (Phi) is 15.3. The Labute approximate surface area is 136 Å². The molecule has 0 N–H and O–H groups in total. The van der Waals surface area contributed by atoms with Gasteiger partial charge < -0.3 is 0 Å². The van der Waals surface area contributed by atoms with Gasteiger partial charge in [0.2, 0.25) is 0 Å². The van der Waals surface area contributed by atoms with Gasteiger partial charge in [-0.3, -0.25) is 0 Å². The molecule has 1 aliphatic heterocycles. The third kappa shape index (κ3) is 14.1. The van der Waals surface area contributed by atoms with Crippen molar-refractivity contribution in [2.24, 2.45) is 0 Å². The molecule has 0 bridgehead atoms. The van der Waals surface area contributed by atoms with Gasteiger partial charge in [-0.1, -0.05) is 92.2 Å². The highest BCUT2D eigenvalue weighted by molar-refractivity contribution is 9.26. The topological polar surface area (TPSA) is 0 Å². The van der Waals surface area contributed by atoms with Gasteiger partial charge in [-0.2, -0.15) is 0 Å². The van der Waals surface area contributed by atoms with Gasteiger partial charge >= 0.3 is 0 Å². The first-order valence-electron chi connectivity index (χ1n) is 8.08. The molecule has 0 unspecified atom stereocenters. The van der Waals surface area contributed by atoms with Crippen LogP contribution in [0.25, 0.3) is 0 Å². The summed E-state index contributed by atoms with van der Waals surface area (Å²) >= 11 is 0. The minimum Gasteiger partial charge on any atom is -0.0817 e. The molecule has 0 aromatic heterocycles. The van der Waals surface area contributed by atoms with Crippen molar-refractivity contribution in [2.75, 3.05) is 11.5 Å². The van der Waals surface area contributed by atoms with Crippen LogP contribution in [-0.2, 0) is 0 Å². The highest BCUT2D eigenvalue weighted by Crippen LogP contribution is 2.43. The Balaban J connectivity index is 2.01. The van der Waals surface area contributed by atoms with E-state index in [-0.39, 0.29) is 0 Å². The van der Waals surface area contributed by atoms with Crippen molar-refractivity contribution < 1.29 is 0 Å². The molecule has 1 fully saturated rings. The minimum absolute atomic E-state index is 1.35. The molecule has 0 saturated carbocycles.